The van der Waals surface area contributed by atoms with Gasteiger partial charge in [-0.2, -0.15) is 10.3 Å². The number of nitrogens with zero attached hydrogens (tertiary/aromatic N) is 6. The SMILES string of the molecule is CC#CCc1nn(CC(C)C)c(=O)n1Cc1ccc(-c2ccccc2-c2nn[nH]n2)cc1. The van der Waals surface area contributed by atoms with Crippen LogP contribution in [0.3, 0.4) is 0 Å². The van der Waals surface area contributed by atoms with Gasteiger partial charge in [0.2, 0.25) is 5.82 Å². The molecule has 0 atom stereocenters. The molecule has 0 fully saturated rings. The molecule has 2 aromatic carbocycles. The fourth-order valence-corrected chi connectivity index (χ4v) is 3.59. The zero-order valence-electron chi connectivity index (χ0n) is 18.4. The van der Waals surface area contributed by atoms with Gasteiger partial charge in [-0.05, 0) is 34.7 Å². The zero-order valence-corrected chi connectivity index (χ0v) is 18.4. The Morgan fingerprint density at radius 1 is 1.06 bits per heavy atom. The second kappa shape index (κ2) is 9.43. The maximum Gasteiger partial charge on any atom is 0.346 e. The first-order valence-electron chi connectivity index (χ1n) is 10.5. The molecule has 32 heavy (non-hydrogen) atoms. The minimum atomic E-state index is -0.0990. The lowest BCUT2D eigenvalue weighted by Gasteiger charge is -2.09. The fraction of sp³-hybridized carbons (Fsp3) is 0.292. The lowest BCUT2D eigenvalue weighted by Crippen LogP contribution is -2.27. The van der Waals surface area contributed by atoms with Gasteiger partial charge >= 0.3 is 5.69 Å². The van der Waals surface area contributed by atoms with E-state index in [0.29, 0.717) is 37.1 Å². The summed E-state index contributed by atoms with van der Waals surface area (Å²) in [6.45, 7) is 6.97. The number of hydrogen-bond donors (Lipinski definition) is 1. The first kappa shape index (κ1) is 21.2. The number of tetrazole rings is 1. The Balaban J connectivity index is 1.63. The molecule has 0 radical (unpaired) electrons. The molecule has 0 spiro atoms. The van der Waals surface area contributed by atoms with Crippen LogP contribution in [0, 0.1) is 17.8 Å². The van der Waals surface area contributed by atoms with Crippen LogP contribution < -0.4 is 5.69 Å². The summed E-state index contributed by atoms with van der Waals surface area (Å²) in [6, 6.07) is 16.1. The summed E-state index contributed by atoms with van der Waals surface area (Å²) in [5.41, 5.74) is 3.87. The average molecular weight is 428 g/mol. The summed E-state index contributed by atoms with van der Waals surface area (Å²) in [5, 5.41) is 18.9. The summed E-state index contributed by atoms with van der Waals surface area (Å²) in [4.78, 5) is 12.9. The molecule has 4 rings (SSSR count). The maximum absolute atomic E-state index is 12.9. The Kier molecular flexibility index (Phi) is 6.26. The van der Waals surface area contributed by atoms with Crippen molar-refractivity contribution in [2.24, 2.45) is 5.92 Å². The summed E-state index contributed by atoms with van der Waals surface area (Å²) in [6.07, 6.45) is 0.451. The van der Waals surface area contributed by atoms with E-state index in [1.807, 2.05) is 48.5 Å². The maximum atomic E-state index is 12.9. The molecule has 0 saturated carbocycles. The van der Waals surface area contributed by atoms with E-state index in [1.165, 1.54) is 0 Å². The zero-order chi connectivity index (χ0) is 22.5. The highest BCUT2D eigenvalue weighted by Gasteiger charge is 2.15. The molecule has 8 heteroatoms. The van der Waals surface area contributed by atoms with E-state index in [0.717, 1.165) is 22.3 Å². The van der Waals surface area contributed by atoms with Crippen molar-refractivity contribution in [1.29, 1.82) is 0 Å². The summed E-state index contributed by atoms with van der Waals surface area (Å²) >= 11 is 0. The van der Waals surface area contributed by atoms with E-state index in [9.17, 15) is 4.79 Å². The molecule has 0 amide bonds. The minimum Gasteiger partial charge on any atom is -0.274 e. The number of H-pyrrole nitrogens is 1. The van der Waals surface area contributed by atoms with Crippen molar-refractivity contribution in [3.63, 3.8) is 0 Å². The van der Waals surface area contributed by atoms with Gasteiger partial charge in [0, 0.05) is 12.1 Å². The number of rotatable bonds is 7. The van der Waals surface area contributed by atoms with Crippen LogP contribution in [0.25, 0.3) is 22.5 Å². The van der Waals surface area contributed by atoms with Crippen molar-refractivity contribution in [2.75, 3.05) is 0 Å². The Hall–Kier alpha value is -3.99. The third kappa shape index (κ3) is 4.52. The first-order valence-corrected chi connectivity index (χ1v) is 10.5. The Morgan fingerprint density at radius 3 is 2.47 bits per heavy atom. The summed E-state index contributed by atoms with van der Waals surface area (Å²) < 4.78 is 3.27. The van der Waals surface area contributed by atoms with Gasteiger partial charge in [0.25, 0.3) is 0 Å². The topological polar surface area (TPSA) is 94.3 Å². The molecular weight excluding hydrogens is 402 g/mol. The van der Waals surface area contributed by atoms with Crippen LogP contribution in [0.15, 0.2) is 53.3 Å². The molecule has 0 aliphatic rings. The van der Waals surface area contributed by atoms with Crippen LogP contribution >= 0.6 is 0 Å². The van der Waals surface area contributed by atoms with Crippen LogP contribution in [-0.2, 0) is 19.5 Å². The second-order valence-electron chi connectivity index (χ2n) is 7.94. The third-order valence-corrected chi connectivity index (χ3v) is 5.08. The highest BCUT2D eigenvalue weighted by Crippen LogP contribution is 2.29. The quantitative estimate of drug-likeness (QED) is 0.457. The molecule has 2 aromatic heterocycles. The van der Waals surface area contributed by atoms with Crippen LogP contribution in [-0.4, -0.2) is 35.0 Å². The molecule has 8 nitrogen and oxygen atoms in total. The molecule has 4 aromatic rings. The predicted molar refractivity (Wildman–Crippen MR) is 123 cm³/mol. The Bertz CT molecular complexity index is 1300. The van der Waals surface area contributed by atoms with Crippen molar-refractivity contribution in [2.45, 2.75) is 40.3 Å². The fourth-order valence-electron chi connectivity index (χ4n) is 3.59. The monoisotopic (exact) mass is 427 g/mol. The highest BCUT2D eigenvalue weighted by atomic mass is 16.2. The van der Waals surface area contributed by atoms with Crippen LogP contribution in [0.2, 0.25) is 0 Å². The van der Waals surface area contributed by atoms with Crippen LogP contribution in [0.5, 0.6) is 0 Å². The number of benzene rings is 2. The summed E-state index contributed by atoms with van der Waals surface area (Å²) in [7, 11) is 0. The lowest BCUT2D eigenvalue weighted by atomic mass is 9.98. The van der Waals surface area contributed by atoms with E-state index in [1.54, 1.807) is 16.2 Å². The molecular formula is C24H25N7O. The molecule has 0 unspecified atom stereocenters. The van der Waals surface area contributed by atoms with Crippen molar-refractivity contribution < 1.29 is 0 Å². The average Bonchev–Trinajstić information content (AvgIpc) is 3.43. The second-order valence-corrected chi connectivity index (χ2v) is 7.94. The molecule has 162 valence electrons. The van der Waals surface area contributed by atoms with E-state index in [2.05, 4.69) is 51.4 Å². The van der Waals surface area contributed by atoms with Crippen LogP contribution in [0.1, 0.15) is 32.2 Å². The number of aromatic amines is 1. The molecule has 0 aliphatic heterocycles. The van der Waals surface area contributed by atoms with Gasteiger partial charge < -0.3 is 0 Å². The molecule has 1 N–H and O–H groups in total. The highest BCUT2D eigenvalue weighted by molar-refractivity contribution is 5.80. The van der Waals surface area contributed by atoms with Crippen molar-refractivity contribution in [3.05, 3.63) is 70.4 Å². The van der Waals surface area contributed by atoms with Gasteiger partial charge in [0.05, 0.1) is 13.0 Å². The van der Waals surface area contributed by atoms with E-state index < -0.39 is 0 Å². The van der Waals surface area contributed by atoms with Gasteiger partial charge in [-0.15, -0.1) is 16.1 Å². The Labute approximate surface area is 186 Å². The van der Waals surface area contributed by atoms with E-state index in [4.69, 9.17) is 0 Å². The number of hydrogen-bond acceptors (Lipinski definition) is 5. The Morgan fingerprint density at radius 2 is 1.81 bits per heavy atom. The molecule has 0 bridgehead atoms. The molecule has 2 heterocycles. The summed E-state index contributed by atoms with van der Waals surface area (Å²) in [5.74, 6) is 7.49. The van der Waals surface area contributed by atoms with Gasteiger partial charge in [-0.25, -0.2) is 9.48 Å². The number of aromatic nitrogens is 7. The predicted octanol–water partition coefficient (Wildman–Crippen LogP) is 3.16. The van der Waals surface area contributed by atoms with Gasteiger partial charge in [0.15, 0.2) is 0 Å². The van der Waals surface area contributed by atoms with E-state index in [-0.39, 0.29) is 5.69 Å². The number of nitrogens with one attached hydrogen (secondary N) is 1. The standard InChI is InChI=1S/C24H25N7O/c1-4-5-10-22-27-31(15-17(2)3)24(32)30(22)16-18-11-13-19(14-12-18)20-8-6-7-9-21(20)23-25-28-29-26-23/h6-9,11-14,17H,10,15-16H2,1-3H3,(H,25,26,28,29). The van der Waals surface area contributed by atoms with Crippen molar-refractivity contribution in [1.82, 2.24) is 35.0 Å². The lowest BCUT2D eigenvalue weighted by molar-refractivity contribution is 0.465. The largest absolute Gasteiger partial charge is 0.346 e. The van der Waals surface area contributed by atoms with Crippen molar-refractivity contribution >= 4 is 0 Å². The van der Waals surface area contributed by atoms with Crippen molar-refractivity contribution in [3.8, 4) is 34.4 Å². The third-order valence-electron chi connectivity index (χ3n) is 5.08. The first-order chi connectivity index (χ1) is 15.6. The van der Waals surface area contributed by atoms with E-state index >= 15 is 0 Å². The molecule has 0 saturated heterocycles. The van der Waals surface area contributed by atoms with Crippen LogP contribution in [0.4, 0.5) is 0 Å². The normalized spacial score (nSPS) is 10.9. The van der Waals surface area contributed by atoms with Gasteiger partial charge in [0.1, 0.15) is 5.82 Å². The smallest absolute Gasteiger partial charge is 0.274 e. The molecule has 0 aliphatic carbocycles. The minimum absolute atomic E-state index is 0.0990. The van der Waals surface area contributed by atoms with Gasteiger partial charge in [-0.3, -0.25) is 4.57 Å². The van der Waals surface area contributed by atoms with Gasteiger partial charge in [-0.1, -0.05) is 68.3 Å².